The van der Waals surface area contributed by atoms with Crippen molar-refractivity contribution in [2.75, 3.05) is 6.54 Å². The van der Waals surface area contributed by atoms with E-state index in [1.165, 1.54) is 4.90 Å². The molecular formula is C20H34N6O7. The van der Waals surface area contributed by atoms with Crippen molar-refractivity contribution < 1.29 is 33.9 Å². The van der Waals surface area contributed by atoms with Crippen LogP contribution in [0.2, 0.25) is 0 Å². The van der Waals surface area contributed by atoms with Gasteiger partial charge in [0.05, 0.1) is 12.5 Å². The molecule has 0 spiro atoms. The van der Waals surface area contributed by atoms with Crippen molar-refractivity contribution >= 4 is 35.5 Å². The molecule has 0 radical (unpaired) electrons. The number of carbonyl (C=O) groups is 6. The molecule has 0 aromatic heterocycles. The number of hydrogen-bond donors (Lipinski definition) is 6. The van der Waals surface area contributed by atoms with Gasteiger partial charge in [-0.15, -0.1) is 0 Å². The lowest BCUT2D eigenvalue weighted by atomic mass is 9.96. The van der Waals surface area contributed by atoms with Gasteiger partial charge in [0, 0.05) is 13.0 Å². The topological polar surface area (TPSA) is 228 Å². The highest BCUT2D eigenvalue weighted by Gasteiger charge is 2.40. The van der Waals surface area contributed by atoms with E-state index in [4.69, 9.17) is 17.2 Å². The quantitative estimate of drug-likeness (QED) is 0.169. The summed E-state index contributed by atoms with van der Waals surface area (Å²) in [5.41, 5.74) is 15.8. The Balaban J connectivity index is 2.97. The van der Waals surface area contributed by atoms with Gasteiger partial charge in [-0.3, -0.25) is 24.0 Å². The average molecular weight is 471 g/mol. The van der Waals surface area contributed by atoms with Crippen molar-refractivity contribution in [1.82, 2.24) is 15.5 Å². The summed E-state index contributed by atoms with van der Waals surface area (Å²) in [4.78, 5) is 73.2. The third kappa shape index (κ3) is 8.33. The van der Waals surface area contributed by atoms with Crippen molar-refractivity contribution in [2.45, 2.75) is 76.5 Å². The number of carboxylic acids is 1. The molecule has 1 rings (SSSR count). The van der Waals surface area contributed by atoms with E-state index in [-0.39, 0.29) is 31.7 Å². The number of nitrogens with two attached hydrogens (primary N) is 3. The van der Waals surface area contributed by atoms with Crippen molar-refractivity contribution in [1.29, 1.82) is 0 Å². The molecule has 0 saturated carbocycles. The summed E-state index contributed by atoms with van der Waals surface area (Å²) in [6.07, 6.45) is 0.552. The molecule has 0 aromatic carbocycles. The minimum Gasteiger partial charge on any atom is -0.480 e. The van der Waals surface area contributed by atoms with Gasteiger partial charge in [0.2, 0.25) is 29.5 Å². The molecule has 5 atom stereocenters. The fourth-order valence-corrected chi connectivity index (χ4v) is 3.55. The van der Waals surface area contributed by atoms with Crippen LogP contribution in [0, 0.1) is 5.92 Å². The van der Waals surface area contributed by atoms with E-state index in [1.807, 2.05) is 6.92 Å². The van der Waals surface area contributed by atoms with Crippen LogP contribution in [-0.2, 0) is 28.8 Å². The Morgan fingerprint density at radius 3 is 2.24 bits per heavy atom. The normalized spacial score (nSPS) is 19.1. The number of carbonyl (C=O) groups excluding carboxylic acids is 5. The SMILES string of the molecule is CCC(C)C(NC(=O)C(N)CC(N)=O)C(=O)N1CCCC1C(=O)NC(CCC(N)=O)C(=O)O. The Morgan fingerprint density at radius 2 is 1.73 bits per heavy atom. The van der Waals surface area contributed by atoms with Crippen molar-refractivity contribution in [3.8, 4) is 0 Å². The molecule has 5 amide bonds. The van der Waals surface area contributed by atoms with Crippen LogP contribution < -0.4 is 27.8 Å². The fourth-order valence-electron chi connectivity index (χ4n) is 3.55. The number of nitrogens with one attached hydrogen (secondary N) is 2. The molecule has 1 saturated heterocycles. The zero-order chi connectivity index (χ0) is 25.3. The van der Waals surface area contributed by atoms with Gasteiger partial charge in [-0.05, 0) is 25.2 Å². The summed E-state index contributed by atoms with van der Waals surface area (Å²) in [6, 6.07) is -4.49. The molecule has 33 heavy (non-hydrogen) atoms. The number of aliphatic carboxylic acids is 1. The first-order chi connectivity index (χ1) is 15.4. The van der Waals surface area contributed by atoms with Gasteiger partial charge in [0.25, 0.3) is 0 Å². The summed E-state index contributed by atoms with van der Waals surface area (Å²) in [5.74, 6) is -4.99. The number of likely N-dealkylation sites (tertiary alicyclic amines) is 1. The molecule has 13 nitrogen and oxygen atoms in total. The second-order valence-corrected chi connectivity index (χ2v) is 8.24. The van der Waals surface area contributed by atoms with E-state index in [1.54, 1.807) is 6.92 Å². The lowest BCUT2D eigenvalue weighted by Gasteiger charge is -2.32. The number of amides is 5. The second-order valence-electron chi connectivity index (χ2n) is 8.24. The molecular weight excluding hydrogens is 436 g/mol. The fraction of sp³-hybridized carbons (Fsp3) is 0.700. The Hall–Kier alpha value is -3.22. The second kappa shape index (κ2) is 12.7. The van der Waals surface area contributed by atoms with E-state index in [0.29, 0.717) is 19.3 Å². The Morgan fingerprint density at radius 1 is 1.09 bits per heavy atom. The van der Waals surface area contributed by atoms with Gasteiger partial charge in [-0.1, -0.05) is 20.3 Å². The Bertz CT molecular complexity index is 774. The Kier molecular flexibility index (Phi) is 10.7. The minimum absolute atomic E-state index is 0.180. The number of carboxylic acid groups (broad SMARTS) is 1. The van der Waals surface area contributed by atoms with Crippen LogP contribution in [0.4, 0.5) is 0 Å². The van der Waals surface area contributed by atoms with Crippen molar-refractivity contribution in [3.05, 3.63) is 0 Å². The zero-order valence-corrected chi connectivity index (χ0v) is 18.9. The molecule has 0 bridgehead atoms. The van der Waals surface area contributed by atoms with E-state index < -0.39 is 59.7 Å². The summed E-state index contributed by atoms with van der Waals surface area (Å²) >= 11 is 0. The molecule has 186 valence electrons. The van der Waals surface area contributed by atoms with E-state index >= 15 is 0 Å². The predicted molar refractivity (Wildman–Crippen MR) is 116 cm³/mol. The van der Waals surface area contributed by atoms with Crippen LogP contribution in [0.5, 0.6) is 0 Å². The zero-order valence-electron chi connectivity index (χ0n) is 18.9. The highest BCUT2D eigenvalue weighted by molar-refractivity contribution is 5.95. The van der Waals surface area contributed by atoms with Crippen LogP contribution in [-0.4, -0.2) is 76.2 Å². The van der Waals surface area contributed by atoms with E-state index in [0.717, 1.165) is 0 Å². The standard InChI is InChI=1S/C20H34N6O7/c1-3-10(2)16(25-17(29)11(21)9-15(23)28)19(31)26-8-4-5-13(26)18(30)24-12(20(32)33)6-7-14(22)27/h10-13,16H,3-9,21H2,1-2H3,(H2,22,27)(H2,23,28)(H,24,30)(H,25,29)(H,32,33). The molecule has 1 heterocycles. The molecule has 1 fully saturated rings. The highest BCUT2D eigenvalue weighted by Crippen LogP contribution is 2.22. The Labute approximate surface area is 191 Å². The maximum atomic E-state index is 13.3. The lowest BCUT2D eigenvalue weighted by molar-refractivity contribution is -0.145. The van der Waals surface area contributed by atoms with Crippen LogP contribution >= 0.6 is 0 Å². The van der Waals surface area contributed by atoms with Gasteiger partial charge in [0.15, 0.2) is 0 Å². The summed E-state index contributed by atoms with van der Waals surface area (Å²) in [6.45, 7) is 3.81. The summed E-state index contributed by atoms with van der Waals surface area (Å²) < 4.78 is 0. The molecule has 5 unspecified atom stereocenters. The maximum Gasteiger partial charge on any atom is 0.326 e. The van der Waals surface area contributed by atoms with Gasteiger partial charge < -0.3 is 37.8 Å². The summed E-state index contributed by atoms with van der Waals surface area (Å²) in [7, 11) is 0. The smallest absolute Gasteiger partial charge is 0.326 e. The molecule has 1 aliphatic rings. The largest absolute Gasteiger partial charge is 0.480 e. The molecule has 0 aromatic rings. The predicted octanol–water partition coefficient (Wildman–Crippen LogP) is -2.45. The molecule has 1 aliphatic heterocycles. The first kappa shape index (κ1) is 27.8. The number of rotatable bonds is 13. The van der Waals surface area contributed by atoms with Crippen LogP contribution in [0.15, 0.2) is 0 Å². The minimum atomic E-state index is -1.33. The highest BCUT2D eigenvalue weighted by atomic mass is 16.4. The number of nitrogens with zero attached hydrogens (tertiary/aromatic N) is 1. The first-order valence-electron chi connectivity index (χ1n) is 10.8. The molecule has 0 aliphatic carbocycles. The maximum absolute atomic E-state index is 13.3. The number of hydrogen-bond acceptors (Lipinski definition) is 7. The average Bonchev–Trinajstić information content (AvgIpc) is 3.22. The lowest BCUT2D eigenvalue weighted by Crippen LogP contribution is -2.58. The van der Waals surface area contributed by atoms with Gasteiger partial charge >= 0.3 is 5.97 Å². The first-order valence-corrected chi connectivity index (χ1v) is 10.8. The van der Waals surface area contributed by atoms with Crippen molar-refractivity contribution in [2.24, 2.45) is 23.1 Å². The third-order valence-electron chi connectivity index (χ3n) is 5.67. The van der Waals surface area contributed by atoms with Crippen LogP contribution in [0.3, 0.4) is 0 Å². The van der Waals surface area contributed by atoms with Crippen LogP contribution in [0.25, 0.3) is 0 Å². The van der Waals surface area contributed by atoms with Crippen molar-refractivity contribution in [3.63, 3.8) is 0 Å². The van der Waals surface area contributed by atoms with Gasteiger partial charge in [-0.2, -0.15) is 0 Å². The van der Waals surface area contributed by atoms with E-state index in [9.17, 15) is 33.9 Å². The number of primary amides is 2. The van der Waals surface area contributed by atoms with E-state index in [2.05, 4.69) is 10.6 Å². The monoisotopic (exact) mass is 470 g/mol. The van der Waals surface area contributed by atoms with Gasteiger partial charge in [-0.25, -0.2) is 4.79 Å². The van der Waals surface area contributed by atoms with Gasteiger partial charge in [0.1, 0.15) is 18.1 Å². The molecule has 13 heteroatoms. The van der Waals surface area contributed by atoms with Crippen LogP contribution in [0.1, 0.15) is 52.4 Å². The summed E-state index contributed by atoms with van der Waals surface area (Å²) in [5, 5.41) is 14.2. The third-order valence-corrected chi connectivity index (χ3v) is 5.67. The molecule has 9 N–H and O–H groups in total.